The second-order valence-corrected chi connectivity index (χ2v) is 5.57. The molecule has 0 aromatic carbocycles. The minimum Gasteiger partial charge on any atom is -0.379 e. The molecular weight excluding hydrogens is 244 g/mol. The van der Waals surface area contributed by atoms with Crippen LogP contribution in [0.4, 0.5) is 0 Å². The molecule has 0 spiro atoms. The molecule has 6 heteroatoms. The third kappa shape index (κ3) is 3.32. The van der Waals surface area contributed by atoms with Crippen molar-refractivity contribution in [3.8, 4) is 0 Å². The second-order valence-electron chi connectivity index (χ2n) is 5.57. The Morgan fingerprint density at radius 1 is 1.32 bits per heavy atom. The highest BCUT2D eigenvalue weighted by Gasteiger charge is 2.23. The van der Waals surface area contributed by atoms with Gasteiger partial charge in [-0.25, -0.2) is 0 Å². The van der Waals surface area contributed by atoms with Crippen LogP contribution in [0.5, 0.6) is 0 Å². The van der Waals surface area contributed by atoms with Gasteiger partial charge in [0.2, 0.25) is 5.89 Å². The van der Waals surface area contributed by atoms with Crippen LogP contribution in [0, 0.1) is 5.92 Å². The van der Waals surface area contributed by atoms with E-state index in [9.17, 15) is 0 Å². The molecule has 1 saturated heterocycles. The van der Waals surface area contributed by atoms with Crippen LogP contribution in [0.25, 0.3) is 0 Å². The zero-order valence-corrected chi connectivity index (χ0v) is 11.3. The third-order valence-corrected chi connectivity index (χ3v) is 4.06. The van der Waals surface area contributed by atoms with Gasteiger partial charge in [-0.2, -0.15) is 4.98 Å². The van der Waals surface area contributed by atoms with Crippen molar-refractivity contribution in [2.75, 3.05) is 32.8 Å². The predicted octanol–water partition coefficient (Wildman–Crippen LogP) is 0.744. The van der Waals surface area contributed by atoms with Gasteiger partial charge in [-0.05, 0) is 18.8 Å². The first-order valence-corrected chi connectivity index (χ1v) is 7.19. The number of hydrogen-bond acceptors (Lipinski definition) is 6. The summed E-state index contributed by atoms with van der Waals surface area (Å²) in [6, 6.07) is -0.169. The Hall–Kier alpha value is -0.980. The predicted molar refractivity (Wildman–Crippen MR) is 69.5 cm³/mol. The first-order valence-electron chi connectivity index (χ1n) is 7.19. The zero-order valence-electron chi connectivity index (χ0n) is 11.3. The Labute approximate surface area is 113 Å². The molecule has 3 rings (SSSR count). The van der Waals surface area contributed by atoms with Gasteiger partial charge in [0.25, 0.3) is 0 Å². The van der Waals surface area contributed by atoms with E-state index in [1.165, 1.54) is 19.3 Å². The van der Waals surface area contributed by atoms with Crippen molar-refractivity contribution in [3.05, 3.63) is 11.7 Å². The van der Waals surface area contributed by atoms with Gasteiger partial charge in [-0.1, -0.05) is 11.6 Å². The molecule has 1 aliphatic heterocycles. The fourth-order valence-corrected chi connectivity index (χ4v) is 2.59. The minimum atomic E-state index is -0.169. The van der Waals surface area contributed by atoms with Gasteiger partial charge >= 0.3 is 0 Å². The highest BCUT2D eigenvalue weighted by Crippen LogP contribution is 2.29. The van der Waals surface area contributed by atoms with Gasteiger partial charge in [0.15, 0.2) is 5.82 Å². The van der Waals surface area contributed by atoms with Gasteiger partial charge in [0.05, 0.1) is 19.3 Å². The second kappa shape index (κ2) is 5.98. The Kier molecular flexibility index (Phi) is 4.10. The van der Waals surface area contributed by atoms with Gasteiger partial charge in [-0.15, -0.1) is 0 Å². The van der Waals surface area contributed by atoms with Crippen molar-refractivity contribution >= 4 is 0 Å². The molecule has 2 heterocycles. The molecule has 2 N–H and O–H groups in total. The van der Waals surface area contributed by atoms with E-state index in [4.69, 9.17) is 15.0 Å². The summed E-state index contributed by atoms with van der Waals surface area (Å²) in [4.78, 5) is 6.72. The number of nitrogens with two attached hydrogens (primary N) is 1. The molecule has 6 nitrogen and oxygen atoms in total. The molecule has 106 valence electrons. The van der Waals surface area contributed by atoms with Crippen LogP contribution >= 0.6 is 0 Å². The number of aromatic nitrogens is 2. The standard InChI is InChI=1S/C13H22N4O2/c14-11(9-17-4-6-18-7-5-17)13-15-12(19-16-13)8-10-2-1-3-10/h10-11H,1-9,14H2. The first-order chi connectivity index (χ1) is 9.31. The molecule has 2 fully saturated rings. The number of rotatable bonds is 5. The number of ether oxygens (including phenoxy) is 1. The maximum absolute atomic E-state index is 6.15. The lowest BCUT2D eigenvalue weighted by atomic mass is 9.83. The summed E-state index contributed by atoms with van der Waals surface area (Å²) in [5.74, 6) is 2.13. The average molecular weight is 266 g/mol. The summed E-state index contributed by atoms with van der Waals surface area (Å²) in [5.41, 5.74) is 6.15. The van der Waals surface area contributed by atoms with E-state index in [0.29, 0.717) is 5.82 Å². The van der Waals surface area contributed by atoms with Crippen LogP contribution < -0.4 is 5.73 Å². The monoisotopic (exact) mass is 266 g/mol. The van der Waals surface area contributed by atoms with Crippen LogP contribution in [0.2, 0.25) is 0 Å². The maximum atomic E-state index is 6.15. The lowest BCUT2D eigenvalue weighted by molar-refractivity contribution is 0.0348. The van der Waals surface area contributed by atoms with Crippen molar-refractivity contribution in [3.63, 3.8) is 0 Å². The highest BCUT2D eigenvalue weighted by atomic mass is 16.5. The molecule has 1 unspecified atom stereocenters. The summed E-state index contributed by atoms with van der Waals surface area (Å²) in [7, 11) is 0. The zero-order chi connectivity index (χ0) is 13.1. The summed E-state index contributed by atoms with van der Waals surface area (Å²) in [5, 5.41) is 4.02. The quantitative estimate of drug-likeness (QED) is 0.847. The van der Waals surface area contributed by atoms with Gasteiger partial charge < -0.3 is 15.0 Å². The molecule has 0 radical (unpaired) electrons. The fraction of sp³-hybridized carbons (Fsp3) is 0.846. The SMILES string of the molecule is NC(CN1CCOCC1)c1noc(CC2CCC2)n1. The van der Waals surface area contributed by atoms with Crippen molar-refractivity contribution in [1.29, 1.82) is 0 Å². The molecular formula is C13H22N4O2. The average Bonchev–Trinajstić information content (AvgIpc) is 2.84. The normalized spacial score (nSPS) is 23.2. The van der Waals surface area contributed by atoms with Crippen molar-refractivity contribution < 1.29 is 9.26 Å². The molecule has 1 saturated carbocycles. The Bertz CT molecular complexity index is 399. The third-order valence-electron chi connectivity index (χ3n) is 4.06. The first kappa shape index (κ1) is 13.0. The van der Waals surface area contributed by atoms with E-state index >= 15 is 0 Å². The maximum Gasteiger partial charge on any atom is 0.226 e. The summed E-state index contributed by atoms with van der Waals surface area (Å²) >= 11 is 0. The lowest BCUT2D eigenvalue weighted by Crippen LogP contribution is -2.40. The van der Waals surface area contributed by atoms with E-state index < -0.39 is 0 Å². The molecule has 19 heavy (non-hydrogen) atoms. The molecule has 2 aliphatic rings. The number of hydrogen-bond donors (Lipinski definition) is 1. The molecule has 0 amide bonds. The van der Waals surface area contributed by atoms with Crippen LogP contribution in [-0.2, 0) is 11.2 Å². The van der Waals surface area contributed by atoms with E-state index in [1.54, 1.807) is 0 Å². The molecule has 1 aromatic rings. The Balaban J connectivity index is 1.52. The van der Waals surface area contributed by atoms with E-state index in [0.717, 1.165) is 51.1 Å². The summed E-state index contributed by atoms with van der Waals surface area (Å²) in [6.45, 7) is 4.20. The highest BCUT2D eigenvalue weighted by molar-refractivity contribution is 4.96. The fourth-order valence-electron chi connectivity index (χ4n) is 2.59. The van der Waals surface area contributed by atoms with Crippen molar-refractivity contribution in [2.24, 2.45) is 11.7 Å². The van der Waals surface area contributed by atoms with E-state index in [2.05, 4.69) is 15.0 Å². The molecule has 0 bridgehead atoms. The van der Waals surface area contributed by atoms with Crippen LogP contribution in [0.3, 0.4) is 0 Å². The van der Waals surface area contributed by atoms with Crippen molar-refractivity contribution in [2.45, 2.75) is 31.7 Å². The Morgan fingerprint density at radius 2 is 2.11 bits per heavy atom. The van der Waals surface area contributed by atoms with Gasteiger partial charge in [-0.3, -0.25) is 4.90 Å². The van der Waals surface area contributed by atoms with E-state index in [1.807, 2.05) is 0 Å². The topological polar surface area (TPSA) is 77.4 Å². The number of morpholine rings is 1. The van der Waals surface area contributed by atoms with Crippen LogP contribution in [0.1, 0.15) is 37.0 Å². The summed E-state index contributed by atoms with van der Waals surface area (Å²) < 4.78 is 10.6. The Morgan fingerprint density at radius 3 is 2.79 bits per heavy atom. The van der Waals surface area contributed by atoms with E-state index in [-0.39, 0.29) is 6.04 Å². The summed E-state index contributed by atoms with van der Waals surface area (Å²) in [6.07, 6.45) is 4.83. The van der Waals surface area contributed by atoms with Gasteiger partial charge in [0.1, 0.15) is 0 Å². The number of nitrogens with zero attached hydrogens (tertiary/aromatic N) is 3. The van der Waals surface area contributed by atoms with Crippen LogP contribution in [0.15, 0.2) is 4.52 Å². The largest absolute Gasteiger partial charge is 0.379 e. The minimum absolute atomic E-state index is 0.169. The van der Waals surface area contributed by atoms with Crippen molar-refractivity contribution in [1.82, 2.24) is 15.0 Å². The molecule has 1 aliphatic carbocycles. The molecule has 1 atom stereocenters. The molecule has 1 aromatic heterocycles. The van der Waals surface area contributed by atoms with Crippen LogP contribution in [-0.4, -0.2) is 47.9 Å². The lowest BCUT2D eigenvalue weighted by Gasteiger charge is -2.27. The smallest absolute Gasteiger partial charge is 0.226 e. The van der Waals surface area contributed by atoms with Gasteiger partial charge in [0, 0.05) is 26.1 Å².